The number of hydrogen-bond donors (Lipinski definition) is 2. The highest BCUT2D eigenvalue weighted by molar-refractivity contribution is 8.00. The molecule has 2 aliphatic heterocycles. The van der Waals surface area contributed by atoms with Gasteiger partial charge in [-0.25, -0.2) is 4.79 Å². The number of β-lactam (4-membered cyclic amide) rings is 1. The summed E-state index contributed by atoms with van der Waals surface area (Å²) in [5, 5.41) is 5.59. The molecule has 0 spiro atoms. The minimum absolute atomic E-state index is 0.0818. The Kier molecular flexibility index (Phi) is 8.02. The van der Waals surface area contributed by atoms with Crippen LogP contribution in [0.2, 0.25) is 0 Å². The van der Waals surface area contributed by atoms with Gasteiger partial charge in [-0.05, 0) is 42.5 Å². The van der Waals surface area contributed by atoms with Gasteiger partial charge in [-0.2, -0.15) is 0 Å². The van der Waals surface area contributed by atoms with Crippen LogP contribution in [0.25, 0.3) is 0 Å². The molecule has 39 heavy (non-hydrogen) atoms. The Morgan fingerprint density at radius 3 is 2.36 bits per heavy atom. The molecule has 2 aromatic rings. The van der Waals surface area contributed by atoms with E-state index >= 15 is 0 Å². The highest BCUT2D eigenvalue weighted by atomic mass is 32.2. The summed E-state index contributed by atoms with van der Waals surface area (Å²) in [6.07, 6.45) is 7.12. The second-order valence-corrected chi connectivity index (χ2v) is 10.8. The molecule has 1 saturated heterocycles. The number of allylic oxidation sites excluding steroid dienone is 5. The molecule has 2 heterocycles. The van der Waals surface area contributed by atoms with Crippen molar-refractivity contribution in [2.75, 3.05) is 12.3 Å². The fourth-order valence-electron chi connectivity index (χ4n) is 4.85. The number of thioether (sulfide) groups is 1. The summed E-state index contributed by atoms with van der Waals surface area (Å²) in [6, 6.07) is 18.3. The smallest absolute Gasteiger partial charge is 0.356 e. The lowest BCUT2D eigenvalue weighted by Crippen LogP contribution is -2.71. The second kappa shape index (κ2) is 11.8. The number of amides is 2. The first kappa shape index (κ1) is 26.6. The first-order valence-electron chi connectivity index (χ1n) is 13.0. The van der Waals surface area contributed by atoms with Gasteiger partial charge in [0.25, 0.3) is 5.91 Å². The molecule has 3 aliphatic rings. The van der Waals surface area contributed by atoms with Crippen molar-refractivity contribution in [2.24, 2.45) is 0 Å². The van der Waals surface area contributed by atoms with E-state index in [0.717, 1.165) is 29.7 Å². The van der Waals surface area contributed by atoms with E-state index in [1.807, 2.05) is 79.7 Å². The molecule has 1 aliphatic carbocycles. The molecular weight excluding hydrogens is 510 g/mol. The van der Waals surface area contributed by atoms with Gasteiger partial charge in [0.15, 0.2) is 6.10 Å². The maximum atomic E-state index is 13.8. The van der Waals surface area contributed by atoms with Crippen molar-refractivity contribution in [3.8, 4) is 0 Å². The van der Waals surface area contributed by atoms with Crippen LogP contribution in [0.15, 0.2) is 108 Å². The van der Waals surface area contributed by atoms with Crippen molar-refractivity contribution in [3.63, 3.8) is 0 Å². The van der Waals surface area contributed by atoms with E-state index in [1.54, 1.807) is 0 Å². The van der Waals surface area contributed by atoms with Crippen molar-refractivity contribution < 1.29 is 19.1 Å². The van der Waals surface area contributed by atoms with Crippen LogP contribution in [0.4, 0.5) is 0 Å². The molecule has 1 fully saturated rings. The van der Waals surface area contributed by atoms with Crippen LogP contribution in [-0.4, -0.2) is 46.4 Å². The van der Waals surface area contributed by atoms with E-state index in [9.17, 15) is 14.4 Å². The Labute approximate surface area is 232 Å². The molecule has 2 atom stereocenters. The molecule has 5 rings (SSSR count). The van der Waals surface area contributed by atoms with E-state index < -0.39 is 23.5 Å². The Morgan fingerprint density at radius 1 is 1.10 bits per heavy atom. The van der Waals surface area contributed by atoms with E-state index in [1.165, 1.54) is 16.7 Å². The second-order valence-electron chi connectivity index (χ2n) is 9.68. The van der Waals surface area contributed by atoms with Gasteiger partial charge in [-0.1, -0.05) is 85.0 Å². The quantitative estimate of drug-likeness (QED) is 0.362. The highest BCUT2D eigenvalue weighted by Crippen LogP contribution is 2.43. The third kappa shape index (κ3) is 5.71. The number of rotatable bonds is 9. The fourth-order valence-corrected chi connectivity index (χ4v) is 6.31. The van der Waals surface area contributed by atoms with Crippen LogP contribution in [0.1, 0.15) is 37.0 Å². The van der Waals surface area contributed by atoms with Crippen LogP contribution < -0.4 is 10.6 Å². The molecule has 1 unspecified atom stereocenters. The van der Waals surface area contributed by atoms with Gasteiger partial charge in [0.05, 0.1) is 6.54 Å². The minimum Gasteiger partial charge on any atom is -0.448 e. The van der Waals surface area contributed by atoms with Gasteiger partial charge < -0.3 is 15.4 Å². The first-order chi connectivity index (χ1) is 18.9. The lowest BCUT2D eigenvalue weighted by atomic mass is 9.99. The molecular formula is C31H31N3O4S. The van der Waals surface area contributed by atoms with Gasteiger partial charge in [0, 0.05) is 11.4 Å². The third-order valence-electron chi connectivity index (χ3n) is 6.91. The number of fused-ring (bicyclic) bond motifs is 1. The average Bonchev–Trinajstić information content (AvgIpc) is 2.98. The van der Waals surface area contributed by atoms with E-state index in [4.69, 9.17) is 4.74 Å². The molecule has 7 nitrogen and oxygen atoms in total. The molecule has 0 radical (unpaired) electrons. The molecule has 2 N–H and O–H groups in total. The zero-order valence-electron chi connectivity index (χ0n) is 21.8. The minimum atomic E-state index is -0.710. The van der Waals surface area contributed by atoms with Gasteiger partial charge in [0.1, 0.15) is 17.1 Å². The van der Waals surface area contributed by atoms with Crippen LogP contribution in [0.5, 0.6) is 0 Å². The maximum absolute atomic E-state index is 13.8. The number of carbonyl (C=O) groups is 3. The molecule has 0 bridgehead atoms. The summed E-state index contributed by atoms with van der Waals surface area (Å²) in [5.41, 5.74) is 4.23. The summed E-state index contributed by atoms with van der Waals surface area (Å²) < 4.78 is 6.12. The predicted molar refractivity (Wildman–Crippen MR) is 152 cm³/mol. The summed E-state index contributed by atoms with van der Waals surface area (Å²) >= 11 is 1.51. The summed E-state index contributed by atoms with van der Waals surface area (Å²) in [6.45, 7) is 5.95. The Morgan fingerprint density at radius 2 is 1.77 bits per heavy atom. The number of ether oxygens (including phenoxy) is 1. The number of carbonyl (C=O) groups excluding carboxylic acids is 3. The van der Waals surface area contributed by atoms with Crippen LogP contribution in [-0.2, 0) is 19.1 Å². The number of esters is 1. The zero-order chi connectivity index (χ0) is 27.4. The van der Waals surface area contributed by atoms with E-state index in [0.29, 0.717) is 16.9 Å². The maximum Gasteiger partial charge on any atom is 0.356 e. The third-order valence-corrected chi connectivity index (χ3v) is 8.19. The van der Waals surface area contributed by atoms with E-state index in [-0.39, 0.29) is 24.1 Å². The predicted octanol–water partition coefficient (Wildman–Crippen LogP) is 4.37. The van der Waals surface area contributed by atoms with E-state index in [2.05, 4.69) is 23.3 Å². The average molecular weight is 542 g/mol. The lowest BCUT2D eigenvalue weighted by molar-refractivity contribution is -0.154. The topological polar surface area (TPSA) is 87.7 Å². The number of nitrogens with one attached hydrogen (secondary N) is 2. The molecule has 200 valence electrons. The van der Waals surface area contributed by atoms with Gasteiger partial charge in [0.2, 0.25) is 5.91 Å². The molecule has 0 saturated carbocycles. The monoisotopic (exact) mass is 541 g/mol. The number of hydrogen-bond acceptors (Lipinski definition) is 6. The summed E-state index contributed by atoms with van der Waals surface area (Å²) in [5.74, 6) is -0.703. The first-order valence-corrected chi connectivity index (χ1v) is 14.0. The SMILES string of the molecule is C=C(C)C1=C(C(=O)OC(c2ccccc2)c2ccccc2)N2C(=O)C(NC(=O)CNC3=CC=CCC3)[C@@H]2SC1. The van der Waals surface area contributed by atoms with Crippen LogP contribution >= 0.6 is 11.8 Å². The van der Waals surface area contributed by atoms with Crippen molar-refractivity contribution in [1.82, 2.24) is 15.5 Å². The fraction of sp³-hybridized carbons (Fsp3) is 0.258. The Hall–Kier alpha value is -4.04. The molecule has 2 amide bonds. The van der Waals surface area contributed by atoms with Crippen LogP contribution in [0.3, 0.4) is 0 Å². The summed E-state index contributed by atoms with van der Waals surface area (Å²) in [7, 11) is 0. The standard InChI is InChI=1S/C31H31N3O4S/c1-20(2)24-19-39-30-26(33-25(35)18-32-23-16-10-5-11-17-23)29(36)34(30)27(24)31(37)38-28(21-12-6-3-7-13-21)22-14-8-4-9-15-22/h3-10,12-16,26,28,30,32H,1,11,17-19H2,2H3,(H,33,35)/t26?,30-/m0/s1. The molecule has 0 aromatic heterocycles. The number of benzene rings is 2. The number of nitrogens with zero attached hydrogens (tertiary/aromatic N) is 1. The Bertz CT molecular complexity index is 1330. The van der Waals surface area contributed by atoms with Crippen molar-refractivity contribution in [1.29, 1.82) is 0 Å². The van der Waals surface area contributed by atoms with Crippen molar-refractivity contribution >= 4 is 29.5 Å². The zero-order valence-corrected chi connectivity index (χ0v) is 22.6. The largest absolute Gasteiger partial charge is 0.448 e. The highest BCUT2D eigenvalue weighted by Gasteiger charge is 2.54. The van der Waals surface area contributed by atoms with Gasteiger partial charge in [-0.15, -0.1) is 11.8 Å². The Balaban J connectivity index is 1.33. The molecule has 8 heteroatoms. The van der Waals surface area contributed by atoms with Crippen molar-refractivity contribution in [2.45, 2.75) is 37.3 Å². The van der Waals surface area contributed by atoms with Gasteiger partial charge in [-0.3, -0.25) is 14.5 Å². The lowest BCUT2D eigenvalue weighted by Gasteiger charge is -2.50. The summed E-state index contributed by atoms with van der Waals surface area (Å²) in [4.78, 5) is 41.2. The van der Waals surface area contributed by atoms with Gasteiger partial charge >= 0.3 is 5.97 Å². The van der Waals surface area contributed by atoms with Crippen LogP contribution in [0, 0.1) is 0 Å². The normalized spacial score (nSPS) is 20.1. The van der Waals surface area contributed by atoms with Crippen molar-refractivity contribution in [3.05, 3.63) is 119 Å². The molecule has 2 aromatic carbocycles.